The van der Waals surface area contributed by atoms with Crippen LogP contribution in [0.15, 0.2) is 41.2 Å². The Morgan fingerprint density at radius 2 is 1.80 bits per heavy atom. The second kappa shape index (κ2) is 12.1. The van der Waals surface area contributed by atoms with Gasteiger partial charge in [-0.2, -0.15) is 5.10 Å². The number of fused-ring (bicyclic) bond motifs is 1. The summed E-state index contributed by atoms with van der Waals surface area (Å²) in [7, 11) is 0. The first kappa shape index (κ1) is 29.5. The van der Waals surface area contributed by atoms with Gasteiger partial charge in [-0.25, -0.2) is 9.67 Å². The maximum Gasteiger partial charge on any atom is 0.262 e. The number of benzene rings is 2. The molecule has 12 heteroatoms. The highest BCUT2D eigenvalue weighted by molar-refractivity contribution is 6.40. The van der Waals surface area contributed by atoms with Crippen LogP contribution >= 0.6 is 34.8 Å². The molecule has 1 aliphatic heterocycles. The molecule has 9 nitrogen and oxygen atoms in total. The van der Waals surface area contributed by atoms with E-state index < -0.39 is 0 Å². The monoisotopic (exact) mass is 615 g/mol. The van der Waals surface area contributed by atoms with Crippen LogP contribution in [0.3, 0.4) is 0 Å². The van der Waals surface area contributed by atoms with E-state index in [0.717, 1.165) is 18.7 Å². The topological polar surface area (TPSA) is 108 Å². The van der Waals surface area contributed by atoms with Gasteiger partial charge in [0.1, 0.15) is 16.9 Å². The van der Waals surface area contributed by atoms with Gasteiger partial charge in [-0.1, -0.05) is 60.8 Å². The smallest absolute Gasteiger partial charge is 0.262 e. The summed E-state index contributed by atoms with van der Waals surface area (Å²) in [5.74, 6) is 0.362. The number of hydrogen-bond acceptors (Lipinski definition) is 6. The number of H-pyrrole nitrogens is 1. The normalized spacial score (nSPS) is 17.9. The lowest BCUT2D eigenvalue weighted by Crippen LogP contribution is -2.55. The minimum absolute atomic E-state index is 0.0432. The van der Waals surface area contributed by atoms with Crippen molar-refractivity contribution in [1.29, 1.82) is 0 Å². The third-order valence-electron chi connectivity index (χ3n) is 7.20. The molecule has 41 heavy (non-hydrogen) atoms. The van der Waals surface area contributed by atoms with Gasteiger partial charge < -0.3 is 15.6 Å². The SMILES string of the molecule is CC(C)c1nn(-c2c(Cl)cc(Cl)cc2Cl)c2nc(Cc3ccc(NC(=O)CN4C[C@H](C)NC[C@H]4C)cc3)[nH]c(=O)c12. The molecule has 0 unspecified atom stereocenters. The first-order chi connectivity index (χ1) is 19.5. The number of nitrogens with zero attached hydrogens (tertiary/aromatic N) is 4. The Balaban J connectivity index is 1.39. The molecule has 1 fully saturated rings. The zero-order chi connectivity index (χ0) is 29.4. The highest BCUT2D eigenvalue weighted by Crippen LogP contribution is 2.34. The van der Waals surface area contributed by atoms with Gasteiger partial charge in [-0.3, -0.25) is 14.5 Å². The predicted molar refractivity (Wildman–Crippen MR) is 165 cm³/mol. The van der Waals surface area contributed by atoms with Gasteiger partial charge in [0.15, 0.2) is 5.65 Å². The first-order valence-corrected chi connectivity index (χ1v) is 14.7. The number of rotatable bonds is 7. The number of nitrogens with one attached hydrogen (secondary N) is 3. The van der Waals surface area contributed by atoms with Gasteiger partial charge in [0.2, 0.25) is 5.91 Å². The van der Waals surface area contributed by atoms with Crippen LogP contribution in [0.2, 0.25) is 15.1 Å². The Morgan fingerprint density at radius 1 is 1.12 bits per heavy atom. The van der Waals surface area contributed by atoms with Gasteiger partial charge in [-0.05, 0) is 49.6 Å². The number of halogens is 3. The summed E-state index contributed by atoms with van der Waals surface area (Å²) in [6.07, 6.45) is 0.361. The summed E-state index contributed by atoms with van der Waals surface area (Å²) < 4.78 is 1.52. The van der Waals surface area contributed by atoms with E-state index in [1.54, 1.807) is 12.1 Å². The molecule has 1 aliphatic rings. The second-order valence-electron chi connectivity index (χ2n) is 10.9. The lowest BCUT2D eigenvalue weighted by Gasteiger charge is -2.36. The maximum absolute atomic E-state index is 13.3. The highest BCUT2D eigenvalue weighted by atomic mass is 35.5. The Labute approximate surface area is 253 Å². The summed E-state index contributed by atoms with van der Waals surface area (Å²) in [5.41, 5.74) is 2.68. The number of aromatic nitrogens is 4. The lowest BCUT2D eigenvalue weighted by atomic mass is 10.1. The Bertz CT molecular complexity index is 1630. The molecule has 0 saturated carbocycles. The quantitative estimate of drug-likeness (QED) is 0.257. The molecule has 1 saturated heterocycles. The molecule has 2 aromatic heterocycles. The molecule has 4 aromatic rings. The van der Waals surface area contributed by atoms with Gasteiger partial charge in [0.25, 0.3) is 5.56 Å². The number of amides is 1. The summed E-state index contributed by atoms with van der Waals surface area (Å²) in [6.45, 7) is 10.2. The fourth-order valence-corrected chi connectivity index (χ4v) is 6.06. The molecule has 0 spiro atoms. The number of hydrogen-bond donors (Lipinski definition) is 3. The Morgan fingerprint density at radius 3 is 2.46 bits per heavy atom. The van der Waals surface area contributed by atoms with Crippen molar-refractivity contribution in [3.63, 3.8) is 0 Å². The molecule has 5 rings (SSSR count). The van der Waals surface area contributed by atoms with Crippen molar-refractivity contribution >= 4 is 57.4 Å². The summed E-state index contributed by atoms with van der Waals surface area (Å²) in [6, 6.07) is 11.3. The minimum Gasteiger partial charge on any atom is -0.325 e. The van der Waals surface area contributed by atoms with Crippen molar-refractivity contribution in [3.8, 4) is 5.69 Å². The molecule has 216 valence electrons. The number of piperazine rings is 1. The predicted octanol–water partition coefficient (Wildman–Crippen LogP) is 5.40. The van der Waals surface area contributed by atoms with Crippen molar-refractivity contribution in [2.24, 2.45) is 0 Å². The zero-order valence-electron chi connectivity index (χ0n) is 23.3. The van der Waals surface area contributed by atoms with Gasteiger partial charge in [0.05, 0.1) is 22.3 Å². The van der Waals surface area contributed by atoms with E-state index in [2.05, 4.69) is 39.5 Å². The van der Waals surface area contributed by atoms with Crippen LogP contribution in [0.1, 0.15) is 50.7 Å². The molecule has 0 radical (unpaired) electrons. The second-order valence-corrected chi connectivity index (χ2v) is 12.1. The van der Waals surface area contributed by atoms with Crippen molar-refractivity contribution in [2.75, 3.05) is 25.0 Å². The molecule has 1 amide bonds. The van der Waals surface area contributed by atoms with Crippen molar-refractivity contribution in [1.82, 2.24) is 30.0 Å². The average Bonchev–Trinajstić information content (AvgIpc) is 3.27. The van der Waals surface area contributed by atoms with Gasteiger partial charge >= 0.3 is 0 Å². The van der Waals surface area contributed by atoms with Crippen molar-refractivity contribution in [2.45, 2.75) is 52.1 Å². The van der Waals surface area contributed by atoms with Crippen LogP contribution in [0.5, 0.6) is 0 Å². The van der Waals surface area contributed by atoms with E-state index in [4.69, 9.17) is 39.8 Å². The summed E-state index contributed by atoms with van der Waals surface area (Å²) in [4.78, 5) is 35.8. The van der Waals surface area contributed by atoms with Crippen LogP contribution in [0.4, 0.5) is 5.69 Å². The molecular weight excluding hydrogens is 585 g/mol. The van der Waals surface area contributed by atoms with Crippen molar-refractivity contribution < 1.29 is 4.79 Å². The first-order valence-electron chi connectivity index (χ1n) is 13.5. The number of carbonyl (C=O) groups excluding carboxylic acids is 1. The largest absolute Gasteiger partial charge is 0.325 e. The minimum atomic E-state index is -0.290. The zero-order valence-corrected chi connectivity index (χ0v) is 25.5. The highest BCUT2D eigenvalue weighted by Gasteiger charge is 2.25. The van der Waals surface area contributed by atoms with Gasteiger partial charge in [0, 0.05) is 42.3 Å². The number of anilines is 1. The van der Waals surface area contributed by atoms with Crippen LogP contribution in [-0.4, -0.2) is 62.3 Å². The fourth-order valence-electron chi connectivity index (χ4n) is 5.08. The van der Waals surface area contributed by atoms with Crippen LogP contribution in [0.25, 0.3) is 16.7 Å². The molecular formula is C29H32Cl3N7O2. The lowest BCUT2D eigenvalue weighted by molar-refractivity contribution is -0.118. The molecule has 0 aliphatic carbocycles. The molecule has 3 N–H and O–H groups in total. The van der Waals surface area contributed by atoms with Crippen molar-refractivity contribution in [3.05, 3.63) is 78.9 Å². The van der Waals surface area contributed by atoms with Crippen LogP contribution < -0.4 is 16.2 Å². The molecule has 2 atom stereocenters. The van der Waals surface area contributed by atoms with E-state index in [9.17, 15) is 9.59 Å². The maximum atomic E-state index is 13.3. The Kier molecular flexibility index (Phi) is 8.73. The van der Waals surface area contributed by atoms with E-state index in [1.165, 1.54) is 4.68 Å². The average molecular weight is 617 g/mol. The van der Waals surface area contributed by atoms with E-state index >= 15 is 0 Å². The number of carbonyl (C=O) groups is 1. The van der Waals surface area contributed by atoms with E-state index in [-0.39, 0.29) is 17.4 Å². The fraction of sp³-hybridized carbons (Fsp3) is 0.379. The summed E-state index contributed by atoms with van der Waals surface area (Å²) >= 11 is 19.1. The Hall–Kier alpha value is -2.95. The third-order valence-corrected chi connectivity index (χ3v) is 8.00. The van der Waals surface area contributed by atoms with Crippen LogP contribution in [-0.2, 0) is 11.2 Å². The van der Waals surface area contributed by atoms with E-state index in [1.807, 2.05) is 38.1 Å². The molecule has 3 heterocycles. The molecule has 2 aromatic carbocycles. The van der Waals surface area contributed by atoms with Crippen LogP contribution in [0, 0.1) is 0 Å². The van der Waals surface area contributed by atoms with E-state index in [0.29, 0.717) is 74.0 Å². The molecule has 0 bridgehead atoms. The standard InChI is InChI=1S/C29H32Cl3N7O2/c1-15(2)26-25-28(39(37-26)27-21(31)10-19(30)11-22(27)32)35-23(36-29(25)41)9-18-5-7-20(8-6-18)34-24(40)14-38-13-16(3)33-12-17(38)4/h5-8,10-11,15-17,33H,9,12-14H2,1-4H3,(H,34,40)(H,35,36,41)/t16-,17+/m0/s1. The summed E-state index contributed by atoms with van der Waals surface area (Å²) in [5, 5.41) is 12.5. The number of aromatic amines is 1. The third kappa shape index (κ3) is 6.44. The van der Waals surface area contributed by atoms with Gasteiger partial charge in [-0.15, -0.1) is 0 Å².